The van der Waals surface area contributed by atoms with Crippen molar-refractivity contribution in [2.75, 3.05) is 37.6 Å². The van der Waals surface area contributed by atoms with E-state index in [9.17, 15) is 10.1 Å². The van der Waals surface area contributed by atoms with Gasteiger partial charge in [-0.3, -0.25) is 9.69 Å². The molecule has 1 atom stereocenters. The largest absolute Gasteiger partial charge is 0.353 e. The van der Waals surface area contributed by atoms with Crippen molar-refractivity contribution in [1.82, 2.24) is 20.2 Å². The SMILES string of the molecule is CC(C)C(C)(C#N)NC(=O)CN1CCN(c2ncnc3sccc23)CC1. The van der Waals surface area contributed by atoms with Gasteiger partial charge in [0.05, 0.1) is 18.0 Å². The lowest BCUT2D eigenvalue weighted by Crippen LogP contribution is -2.54. The standard InChI is InChI=1S/C18H24N6OS/c1-13(2)18(3,11-19)22-15(25)10-23-5-7-24(8-6-23)16-14-4-9-26-17(14)21-12-20-16/h4,9,12-13H,5-8,10H2,1-3H3,(H,22,25). The molecule has 1 saturated heterocycles. The van der Waals surface area contributed by atoms with Crippen molar-refractivity contribution in [2.45, 2.75) is 26.3 Å². The summed E-state index contributed by atoms with van der Waals surface area (Å²) in [5, 5.41) is 15.3. The molecule has 26 heavy (non-hydrogen) atoms. The number of hydrogen-bond acceptors (Lipinski definition) is 7. The van der Waals surface area contributed by atoms with Crippen molar-refractivity contribution in [3.05, 3.63) is 17.8 Å². The number of thiophene rings is 1. The van der Waals surface area contributed by atoms with Crippen molar-refractivity contribution >= 4 is 33.3 Å². The normalized spacial score (nSPS) is 17.9. The molecular weight excluding hydrogens is 348 g/mol. The minimum atomic E-state index is -0.829. The molecule has 0 aromatic carbocycles. The van der Waals surface area contributed by atoms with E-state index in [1.54, 1.807) is 24.6 Å². The topological polar surface area (TPSA) is 85.2 Å². The molecule has 1 unspecified atom stereocenters. The second kappa shape index (κ2) is 7.56. The number of carbonyl (C=O) groups is 1. The number of rotatable bonds is 5. The lowest BCUT2D eigenvalue weighted by atomic mass is 9.90. The first kappa shape index (κ1) is 18.5. The average Bonchev–Trinajstić information content (AvgIpc) is 3.10. The van der Waals surface area contributed by atoms with Gasteiger partial charge in [0.2, 0.25) is 5.91 Å². The van der Waals surface area contributed by atoms with Crippen LogP contribution >= 0.6 is 11.3 Å². The molecule has 1 amide bonds. The van der Waals surface area contributed by atoms with Crippen LogP contribution in [0, 0.1) is 17.2 Å². The van der Waals surface area contributed by atoms with Crippen LogP contribution in [0.15, 0.2) is 17.8 Å². The number of aromatic nitrogens is 2. The number of nitrogens with one attached hydrogen (secondary N) is 1. The Labute approximate surface area is 157 Å². The Morgan fingerprint density at radius 3 is 2.77 bits per heavy atom. The number of fused-ring (bicyclic) bond motifs is 1. The number of piperazine rings is 1. The van der Waals surface area contributed by atoms with Crippen LogP contribution < -0.4 is 10.2 Å². The maximum Gasteiger partial charge on any atom is 0.235 e. The molecule has 2 aromatic heterocycles. The second-order valence-electron chi connectivity index (χ2n) is 7.12. The van der Waals surface area contributed by atoms with E-state index in [2.05, 4.69) is 37.2 Å². The maximum absolute atomic E-state index is 12.3. The lowest BCUT2D eigenvalue weighted by molar-refractivity contribution is -0.124. The van der Waals surface area contributed by atoms with Crippen LogP contribution in [-0.4, -0.2) is 59.0 Å². The molecule has 138 valence electrons. The van der Waals surface area contributed by atoms with Gasteiger partial charge in [0.1, 0.15) is 22.5 Å². The van der Waals surface area contributed by atoms with Crippen molar-refractivity contribution in [1.29, 1.82) is 5.26 Å². The van der Waals surface area contributed by atoms with Gasteiger partial charge in [-0.1, -0.05) is 13.8 Å². The first-order chi connectivity index (χ1) is 12.4. The molecule has 1 aliphatic heterocycles. The highest BCUT2D eigenvalue weighted by molar-refractivity contribution is 7.16. The summed E-state index contributed by atoms with van der Waals surface area (Å²) < 4.78 is 0. The van der Waals surface area contributed by atoms with Gasteiger partial charge >= 0.3 is 0 Å². The van der Waals surface area contributed by atoms with Crippen molar-refractivity contribution in [3.63, 3.8) is 0 Å². The Kier molecular flexibility index (Phi) is 5.39. The number of hydrogen-bond donors (Lipinski definition) is 1. The van der Waals surface area contributed by atoms with E-state index >= 15 is 0 Å². The summed E-state index contributed by atoms with van der Waals surface area (Å²) in [5.41, 5.74) is -0.829. The molecule has 3 rings (SSSR count). The Bertz CT molecular complexity index is 820. The predicted molar refractivity (Wildman–Crippen MR) is 103 cm³/mol. The Morgan fingerprint density at radius 1 is 1.38 bits per heavy atom. The van der Waals surface area contributed by atoms with Crippen LogP contribution in [0.3, 0.4) is 0 Å². The third kappa shape index (κ3) is 3.79. The molecule has 1 aliphatic rings. The molecule has 0 bridgehead atoms. The summed E-state index contributed by atoms with van der Waals surface area (Å²) in [7, 11) is 0. The second-order valence-corrected chi connectivity index (χ2v) is 8.01. The summed E-state index contributed by atoms with van der Waals surface area (Å²) in [4.78, 5) is 26.5. The van der Waals surface area contributed by atoms with Gasteiger partial charge < -0.3 is 10.2 Å². The van der Waals surface area contributed by atoms with Crippen LogP contribution in [-0.2, 0) is 4.79 Å². The lowest BCUT2D eigenvalue weighted by Gasteiger charge is -2.36. The monoisotopic (exact) mass is 372 g/mol. The molecule has 8 heteroatoms. The molecule has 0 saturated carbocycles. The summed E-state index contributed by atoms with van der Waals surface area (Å²) >= 11 is 1.62. The van der Waals surface area contributed by atoms with Crippen LogP contribution in [0.2, 0.25) is 0 Å². The zero-order valence-electron chi connectivity index (χ0n) is 15.4. The van der Waals surface area contributed by atoms with Gasteiger partial charge in [0.15, 0.2) is 0 Å². The summed E-state index contributed by atoms with van der Waals surface area (Å²) in [6.45, 7) is 9.17. The fourth-order valence-corrected chi connectivity index (χ4v) is 3.71. The number of carbonyl (C=O) groups excluding carboxylic acids is 1. The zero-order valence-corrected chi connectivity index (χ0v) is 16.2. The molecule has 3 heterocycles. The Morgan fingerprint density at radius 2 is 2.12 bits per heavy atom. The quantitative estimate of drug-likeness (QED) is 0.862. The van der Waals surface area contributed by atoms with Gasteiger partial charge in [0.25, 0.3) is 0 Å². The number of anilines is 1. The minimum Gasteiger partial charge on any atom is -0.353 e. The third-order valence-corrected chi connectivity index (χ3v) is 5.89. The molecule has 0 spiro atoms. The predicted octanol–water partition coefficient (Wildman–Crippen LogP) is 1.87. The van der Waals surface area contributed by atoms with E-state index in [1.807, 2.05) is 19.2 Å². The molecule has 0 aliphatic carbocycles. The highest BCUT2D eigenvalue weighted by Crippen LogP contribution is 2.27. The molecule has 0 radical (unpaired) electrons. The average molecular weight is 372 g/mol. The van der Waals surface area contributed by atoms with E-state index < -0.39 is 5.54 Å². The smallest absolute Gasteiger partial charge is 0.235 e. The van der Waals surface area contributed by atoms with Crippen molar-refractivity contribution in [3.8, 4) is 6.07 Å². The minimum absolute atomic E-state index is 0.0547. The molecular formula is C18H24N6OS. The summed E-state index contributed by atoms with van der Waals surface area (Å²) in [6.07, 6.45) is 1.61. The zero-order chi connectivity index (χ0) is 18.7. The van der Waals surface area contributed by atoms with Gasteiger partial charge in [-0.15, -0.1) is 11.3 Å². The summed E-state index contributed by atoms with van der Waals surface area (Å²) in [5.74, 6) is 0.926. The Balaban J connectivity index is 1.57. The number of nitrogens with zero attached hydrogens (tertiary/aromatic N) is 5. The van der Waals surface area contributed by atoms with E-state index in [0.29, 0.717) is 6.54 Å². The van der Waals surface area contributed by atoms with Crippen molar-refractivity contribution in [2.24, 2.45) is 5.92 Å². The van der Waals surface area contributed by atoms with E-state index in [1.165, 1.54) is 0 Å². The van der Waals surface area contributed by atoms with Crippen LogP contribution in [0.25, 0.3) is 10.2 Å². The van der Waals surface area contributed by atoms with E-state index in [4.69, 9.17) is 0 Å². The van der Waals surface area contributed by atoms with Crippen LogP contribution in [0.5, 0.6) is 0 Å². The molecule has 1 N–H and O–H groups in total. The highest BCUT2D eigenvalue weighted by atomic mass is 32.1. The van der Waals surface area contributed by atoms with Crippen LogP contribution in [0.1, 0.15) is 20.8 Å². The fourth-order valence-electron chi connectivity index (χ4n) is 2.98. The van der Waals surface area contributed by atoms with E-state index in [-0.39, 0.29) is 11.8 Å². The highest BCUT2D eigenvalue weighted by Gasteiger charge is 2.31. The van der Waals surface area contributed by atoms with Gasteiger partial charge in [0, 0.05) is 26.2 Å². The molecule has 1 fully saturated rings. The molecule has 2 aromatic rings. The molecule has 7 nitrogen and oxygen atoms in total. The van der Waals surface area contributed by atoms with Gasteiger partial charge in [-0.05, 0) is 24.3 Å². The van der Waals surface area contributed by atoms with Gasteiger partial charge in [-0.2, -0.15) is 5.26 Å². The number of amides is 1. The van der Waals surface area contributed by atoms with Gasteiger partial charge in [-0.25, -0.2) is 9.97 Å². The van der Waals surface area contributed by atoms with Crippen LogP contribution in [0.4, 0.5) is 5.82 Å². The Hall–Kier alpha value is -2.24. The van der Waals surface area contributed by atoms with E-state index in [0.717, 1.165) is 42.2 Å². The first-order valence-corrected chi connectivity index (χ1v) is 9.68. The summed E-state index contributed by atoms with van der Waals surface area (Å²) in [6, 6.07) is 4.28. The number of nitriles is 1. The maximum atomic E-state index is 12.3. The fraction of sp³-hybridized carbons (Fsp3) is 0.556. The third-order valence-electron chi connectivity index (χ3n) is 5.07. The first-order valence-electron chi connectivity index (χ1n) is 8.80. The van der Waals surface area contributed by atoms with Crippen molar-refractivity contribution < 1.29 is 4.79 Å².